The third kappa shape index (κ3) is 4.65. The van der Waals surface area contributed by atoms with Crippen LogP contribution < -0.4 is 10.7 Å². The van der Waals surface area contributed by atoms with Gasteiger partial charge in [-0.05, 0) is 24.1 Å². The van der Waals surface area contributed by atoms with Gasteiger partial charge in [0.15, 0.2) is 12.0 Å². The second-order valence-corrected chi connectivity index (χ2v) is 6.37. The van der Waals surface area contributed by atoms with E-state index in [4.69, 9.17) is 9.15 Å². The van der Waals surface area contributed by atoms with Crippen molar-refractivity contribution < 1.29 is 18.7 Å². The molecule has 3 rings (SSSR count). The molecule has 0 spiro atoms. The molecule has 0 aliphatic heterocycles. The molecule has 1 amide bonds. The zero-order chi connectivity index (χ0) is 19.9. The number of esters is 1. The summed E-state index contributed by atoms with van der Waals surface area (Å²) in [6.45, 7) is 1.58. The average molecular weight is 379 g/mol. The lowest BCUT2D eigenvalue weighted by Gasteiger charge is -2.18. The molecule has 144 valence electrons. The Hall–Kier alpha value is -3.41. The van der Waals surface area contributed by atoms with Crippen molar-refractivity contribution in [1.29, 1.82) is 0 Å². The Kier molecular flexibility index (Phi) is 6.22. The van der Waals surface area contributed by atoms with Crippen LogP contribution in [0.4, 0.5) is 0 Å². The van der Waals surface area contributed by atoms with Crippen molar-refractivity contribution in [3.8, 4) is 0 Å². The maximum Gasteiger partial charge on any atom is 0.374 e. The number of fused-ring (bicyclic) bond motifs is 1. The summed E-state index contributed by atoms with van der Waals surface area (Å²) in [5.74, 6) is -1.51. The van der Waals surface area contributed by atoms with Crippen LogP contribution in [0.2, 0.25) is 0 Å². The van der Waals surface area contributed by atoms with E-state index in [1.165, 1.54) is 0 Å². The molecule has 0 saturated carbocycles. The van der Waals surface area contributed by atoms with E-state index in [2.05, 4.69) is 5.32 Å². The van der Waals surface area contributed by atoms with E-state index in [9.17, 15) is 14.4 Å². The number of hydrogen-bond acceptors (Lipinski definition) is 5. The molecule has 0 radical (unpaired) electrons. The average Bonchev–Trinajstić information content (AvgIpc) is 2.72. The standard InChI is InChI=1S/C22H21NO5/c1-2-8-17(15-9-4-3-5-10-15)23-21(25)14-27-22(26)20-13-18(24)16-11-6-7-12-19(16)28-20/h3-7,9-13,17H,2,8,14H2,1H3,(H,23,25)/t17-/m1/s1. The summed E-state index contributed by atoms with van der Waals surface area (Å²) >= 11 is 0. The van der Waals surface area contributed by atoms with Gasteiger partial charge in [0.05, 0.1) is 11.4 Å². The van der Waals surface area contributed by atoms with Gasteiger partial charge in [0.1, 0.15) is 5.58 Å². The van der Waals surface area contributed by atoms with Crippen LogP contribution in [-0.4, -0.2) is 18.5 Å². The van der Waals surface area contributed by atoms with Gasteiger partial charge >= 0.3 is 5.97 Å². The molecule has 6 nitrogen and oxygen atoms in total. The minimum Gasteiger partial charge on any atom is -0.450 e. The zero-order valence-corrected chi connectivity index (χ0v) is 15.5. The van der Waals surface area contributed by atoms with Crippen LogP contribution in [0.15, 0.2) is 69.9 Å². The lowest BCUT2D eigenvalue weighted by molar-refractivity contribution is -0.125. The molecule has 3 aromatic rings. The van der Waals surface area contributed by atoms with Gasteiger partial charge in [-0.25, -0.2) is 4.79 Å². The highest BCUT2D eigenvalue weighted by molar-refractivity contribution is 5.90. The maximum atomic E-state index is 12.2. The van der Waals surface area contributed by atoms with Gasteiger partial charge in [-0.15, -0.1) is 0 Å². The predicted molar refractivity (Wildman–Crippen MR) is 105 cm³/mol. The number of carbonyl (C=O) groups is 2. The number of nitrogens with one attached hydrogen (secondary N) is 1. The first kappa shape index (κ1) is 19.4. The van der Waals surface area contributed by atoms with Crippen LogP contribution in [0.25, 0.3) is 11.0 Å². The lowest BCUT2D eigenvalue weighted by Crippen LogP contribution is -2.32. The molecular formula is C22H21NO5. The second kappa shape index (κ2) is 8.99. The van der Waals surface area contributed by atoms with E-state index < -0.39 is 18.5 Å². The largest absolute Gasteiger partial charge is 0.450 e. The van der Waals surface area contributed by atoms with E-state index >= 15 is 0 Å². The molecule has 0 fully saturated rings. The number of amides is 1. The highest BCUT2D eigenvalue weighted by Gasteiger charge is 2.18. The van der Waals surface area contributed by atoms with Crippen LogP contribution in [0.3, 0.4) is 0 Å². The highest BCUT2D eigenvalue weighted by atomic mass is 16.5. The first-order valence-electron chi connectivity index (χ1n) is 9.13. The second-order valence-electron chi connectivity index (χ2n) is 6.37. The smallest absolute Gasteiger partial charge is 0.374 e. The minimum atomic E-state index is -0.857. The Morgan fingerprint density at radius 2 is 1.79 bits per heavy atom. The predicted octanol–water partition coefficient (Wildman–Crippen LogP) is 3.61. The summed E-state index contributed by atoms with van der Waals surface area (Å²) in [4.78, 5) is 36.5. The molecule has 6 heteroatoms. The summed E-state index contributed by atoms with van der Waals surface area (Å²) in [5.41, 5.74) is 0.938. The van der Waals surface area contributed by atoms with Crippen LogP contribution in [-0.2, 0) is 9.53 Å². The first-order chi connectivity index (χ1) is 13.6. The fourth-order valence-corrected chi connectivity index (χ4v) is 2.94. The summed E-state index contributed by atoms with van der Waals surface area (Å²) in [6.07, 6.45) is 1.66. The quantitative estimate of drug-likeness (QED) is 0.634. The molecule has 1 heterocycles. The van der Waals surface area contributed by atoms with Crippen LogP contribution in [0.1, 0.15) is 41.9 Å². The van der Waals surface area contributed by atoms with Gasteiger partial charge in [0.25, 0.3) is 5.91 Å². The molecule has 0 bridgehead atoms. The number of rotatable bonds is 7. The molecule has 1 aromatic heterocycles. The van der Waals surface area contributed by atoms with Gasteiger partial charge in [-0.1, -0.05) is 55.8 Å². The summed E-state index contributed by atoms with van der Waals surface area (Å²) in [7, 11) is 0. The fourth-order valence-electron chi connectivity index (χ4n) is 2.94. The Morgan fingerprint density at radius 3 is 2.54 bits per heavy atom. The lowest BCUT2D eigenvalue weighted by atomic mass is 10.0. The third-order valence-electron chi connectivity index (χ3n) is 4.28. The van der Waals surface area contributed by atoms with Crippen LogP contribution >= 0.6 is 0 Å². The topological polar surface area (TPSA) is 85.6 Å². The Bertz CT molecular complexity index is 1030. The molecule has 1 N–H and O–H groups in total. The van der Waals surface area contributed by atoms with Crippen LogP contribution in [0.5, 0.6) is 0 Å². The van der Waals surface area contributed by atoms with E-state index in [0.717, 1.165) is 24.5 Å². The zero-order valence-electron chi connectivity index (χ0n) is 15.5. The monoisotopic (exact) mass is 379 g/mol. The Morgan fingerprint density at radius 1 is 1.07 bits per heavy atom. The van der Waals surface area contributed by atoms with Gasteiger partial charge in [0, 0.05) is 6.07 Å². The Labute approximate surface area is 162 Å². The molecule has 0 aliphatic rings. The summed E-state index contributed by atoms with van der Waals surface area (Å²) < 4.78 is 10.4. The van der Waals surface area contributed by atoms with Crippen molar-refractivity contribution in [3.05, 3.63) is 82.2 Å². The molecule has 1 atom stereocenters. The van der Waals surface area contributed by atoms with Gasteiger partial charge in [0.2, 0.25) is 5.76 Å². The summed E-state index contributed by atoms with van der Waals surface area (Å²) in [5, 5.41) is 3.25. The molecule has 28 heavy (non-hydrogen) atoms. The fraction of sp³-hybridized carbons (Fsp3) is 0.227. The molecular weight excluding hydrogens is 358 g/mol. The SMILES string of the molecule is CCC[C@@H](NC(=O)COC(=O)c1cc(=O)c2ccccc2o1)c1ccccc1. The van der Waals surface area contributed by atoms with E-state index in [-0.39, 0.29) is 17.2 Å². The van der Waals surface area contributed by atoms with Crippen molar-refractivity contribution in [2.75, 3.05) is 6.61 Å². The number of carbonyl (C=O) groups excluding carboxylic acids is 2. The maximum absolute atomic E-state index is 12.2. The van der Waals surface area contributed by atoms with Gasteiger partial charge in [-0.2, -0.15) is 0 Å². The van der Waals surface area contributed by atoms with Crippen molar-refractivity contribution in [2.24, 2.45) is 0 Å². The third-order valence-corrected chi connectivity index (χ3v) is 4.28. The molecule has 0 saturated heterocycles. The van der Waals surface area contributed by atoms with E-state index in [0.29, 0.717) is 11.0 Å². The normalized spacial score (nSPS) is 11.8. The van der Waals surface area contributed by atoms with Gasteiger partial charge < -0.3 is 14.5 Å². The number of benzene rings is 2. The molecule has 2 aromatic carbocycles. The molecule has 0 aliphatic carbocycles. The van der Waals surface area contributed by atoms with Crippen molar-refractivity contribution in [1.82, 2.24) is 5.32 Å². The van der Waals surface area contributed by atoms with E-state index in [1.807, 2.05) is 37.3 Å². The Balaban J connectivity index is 1.64. The molecule has 0 unspecified atom stereocenters. The minimum absolute atomic E-state index is 0.156. The number of hydrogen-bond donors (Lipinski definition) is 1. The highest BCUT2D eigenvalue weighted by Crippen LogP contribution is 2.18. The van der Waals surface area contributed by atoms with E-state index in [1.54, 1.807) is 24.3 Å². The summed E-state index contributed by atoms with van der Waals surface area (Å²) in [6, 6.07) is 17.1. The number of para-hydroxylation sites is 1. The first-order valence-corrected chi connectivity index (χ1v) is 9.13. The van der Waals surface area contributed by atoms with Crippen molar-refractivity contribution in [2.45, 2.75) is 25.8 Å². The van der Waals surface area contributed by atoms with Gasteiger partial charge in [-0.3, -0.25) is 9.59 Å². The van der Waals surface area contributed by atoms with Crippen molar-refractivity contribution >= 4 is 22.8 Å². The van der Waals surface area contributed by atoms with Crippen molar-refractivity contribution in [3.63, 3.8) is 0 Å². The number of ether oxygens (including phenoxy) is 1. The van der Waals surface area contributed by atoms with Crippen LogP contribution in [0, 0.1) is 0 Å².